The monoisotopic (exact) mass is 344 g/mol. The van der Waals surface area contributed by atoms with Crippen LogP contribution in [0.5, 0.6) is 11.5 Å². The van der Waals surface area contributed by atoms with E-state index in [1.807, 2.05) is 36.4 Å². The lowest BCUT2D eigenvalue weighted by atomic mass is 10.2. The fourth-order valence-corrected chi connectivity index (χ4v) is 2.57. The van der Waals surface area contributed by atoms with Crippen molar-refractivity contribution in [3.05, 3.63) is 59.2 Å². The Morgan fingerprint density at radius 2 is 1.92 bits per heavy atom. The number of hydrogen-bond acceptors (Lipinski definition) is 3. The molecule has 5 nitrogen and oxygen atoms in total. The van der Waals surface area contributed by atoms with Crippen molar-refractivity contribution in [2.45, 2.75) is 0 Å². The standard InChI is InChI=1S/C18H17ClN2O3/c1-23-13-5-7-14(8-6-13)24-10-9-20-18(22)16-11-12-3-2-4-15(19)17(12)21-16/h2-8,11,21H,9-10H2,1H3,(H,20,22). The Morgan fingerprint density at radius 1 is 1.17 bits per heavy atom. The number of aromatic nitrogens is 1. The van der Waals surface area contributed by atoms with Crippen LogP contribution in [0.4, 0.5) is 0 Å². The van der Waals surface area contributed by atoms with Gasteiger partial charge < -0.3 is 19.8 Å². The lowest BCUT2D eigenvalue weighted by Crippen LogP contribution is -2.28. The van der Waals surface area contributed by atoms with Gasteiger partial charge in [-0.25, -0.2) is 0 Å². The molecule has 0 saturated carbocycles. The molecule has 0 aliphatic heterocycles. The molecule has 3 aromatic rings. The van der Waals surface area contributed by atoms with Gasteiger partial charge in [0.05, 0.1) is 24.2 Å². The van der Waals surface area contributed by atoms with Crippen molar-refractivity contribution in [2.75, 3.05) is 20.3 Å². The molecule has 3 rings (SSSR count). The van der Waals surface area contributed by atoms with Gasteiger partial charge in [-0.15, -0.1) is 0 Å². The highest BCUT2D eigenvalue weighted by molar-refractivity contribution is 6.35. The van der Waals surface area contributed by atoms with Gasteiger partial charge in [-0.3, -0.25) is 4.79 Å². The number of aromatic amines is 1. The fourth-order valence-electron chi connectivity index (χ4n) is 2.34. The van der Waals surface area contributed by atoms with Crippen LogP contribution < -0.4 is 14.8 Å². The predicted octanol–water partition coefficient (Wildman–Crippen LogP) is 3.64. The van der Waals surface area contributed by atoms with Crippen LogP contribution >= 0.6 is 11.6 Å². The largest absolute Gasteiger partial charge is 0.497 e. The van der Waals surface area contributed by atoms with E-state index in [1.165, 1.54) is 0 Å². The van der Waals surface area contributed by atoms with Gasteiger partial charge in [-0.05, 0) is 36.4 Å². The number of hydrogen-bond donors (Lipinski definition) is 2. The van der Waals surface area contributed by atoms with Crippen LogP contribution in [-0.4, -0.2) is 31.2 Å². The summed E-state index contributed by atoms with van der Waals surface area (Å²) in [6.07, 6.45) is 0. The van der Waals surface area contributed by atoms with E-state index in [4.69, 9.17) is 21.1 Å². The molecule has 0 unspecified atom stereocenters. The first-order chi connectivity index (χ1) is 11.7. The average Bonchev–Trinajstić information content (AvgIpc) is 3.05. The number of rotatable bonds is 6. The minimum atomic E-state index is -0.194. The van der Waals surface area contributed by atoms with Crippen LogP contribution in [0.2, 0.25) is 5.02 Å². The van der Waals surface area contributed by atoms with E-state index >= 15 is 0 Å². The number of carbonyl (C=O) groups excluding carboxylic acids is 1. The summed E-state index contributed by atoms with van der Waals surface area (Å²) >= 11 is 6.10. The molecule has 2 N–H and O–H groups in total. The van der Waals surface area contributed by atoms with Gasteiger partial charge in [0.2, 0.25) is 0 Å². The molecule has 6 heteroatoms. The van der Waals surface area contributed by atoms with Crippen LogP contribution in [0, 0.1) is 0 Å². The zero-order valence-electron chi connectivity index (χ0n) is 13.1. The Bertz CT molecular complexity index is 843. The number of methoxy groups -OCH3 is 1. The van der Waals surface area contributed by atoms with Gasteiger partial charge >= 0.3 is 0 Å². The summed E-state index contributed by atoms with van der Waals surface area (Å²) in [5.74, 6) is 1.30. The number of H-pyrrole nitrogens is 1. The minimum absolute atomic E-state index is 0.194. The maximum atomic E-state index is 12.2. The molecule has 0 radical (unpaired) electrons. The number of para-hydroxylation sites is 1. The number of halogens is 1. The Morgan fingerprint density at radius 3 is 2.62 bits per heavy atom. The van der Waals surface area contributed by atoms with Crippen LogP contribution in [0.3, 0.4) is 0 Å². The molecule has 0 spiro atoms. The highest BCUT2D eigenvalue weighted by Gasteiger charge is 2.10. The zero-order valence-corrected chi connectivity index (χ0v) is 13.9. The highest BCUT2D eigenvalue weighted by atomic mass is 35.5. The first-order valence-corrected chi connectivity index (χ1v) is 7.87. The minimum Gasteiger partial charge on any atom is -0.497 e. The van der Waals surface area contributed by atoms with E-state index in [0.29, 0.717) is 23.9 Å². The molecule has 1 aromatic heterocycles. The number of nitrogens with one attached hydrogen (secondary N) is 2. The van der Waals surface area contributed by atoms with Crippen molar-refractivity contribution in [3.63, 3.8) is 0 Å². The lowest BCUT2D eigenvalue weighted by Gasteiger charge is -2.07. The third-order valence-corrected chi connectivity index (χ3v) is 3.88. The third-order valence-electron chi connectivity index (χ3n) is 3.57. The molecule has 0 aliphatic rings. The van der Waals surface area contributed by atoms with E-state index < -0.39 is 0 Å². The number of amides is 1. The Labute approximate surface area is 144 Å². The quantitative estimate of drug-likeness (QED) is 0.671. The van der Waals surface area contributed by atoms with E-state index in [-0.39, 0.29) is 5.91 Å². The van der Waals surface area contributed by atoms with E-state index in [2.05, 4.69) is 10.3 Å². The molecular weight excluding hydrogens is 328 g/mol. The smallest absolute Gasteiger partial charge is 0.267 e. The predicted molar refractivity (Wildman–Crippen MR) is 94.1 cm³/mol. The van der Waals surface area contributed by atoms with Gasteiger partial charge in [0, 0.05) is 5.39 Å². The van der Waals surface area contributed by atoms with Gasteiger partial charge in [0.1, 0.15) is 23.8 Å². The van der Waals surface area contributed by atoms with Crippen LogP contribution in [0.1, 0.15) is 10.5 Å². The van der Waals surface area contributed by atoms with Crippen molar-refractivity contribution < 1.29 is 14.3 Å². The van der Waals surface area contributed by atoms with E-state index in [1.54, 1.807) is 19.2 Å². The molecule has 0 bridgehead atoms. The summed E-state index contributed by atoms with van der Waals surface area (Å²) in [6.45, 7) is 0.771. The first-order valence-electron chi connectivity index (χ1n) is 7.49. The fraction of sp³-hybridized carbons (Fsp3) is 0.167. The topological polar surface area (TPSA) is 63.4 Å². The van der Waals surface area contributed by atoms with Gasteiger partial charge in [-0.1, -0.05) is 23.7 Å². The van der Waals surface area contributed by atoms with E-state index in [9.17, 15) is 4.79 Å². The molecule has 1 heterocycles. The van der Waals surface area contributed by atoms with Crippen LogP contribution in [0.25, 0.3) is 10.9 Å². The highest BCUT2D eigenvalue weighted by Crippen LogP contribution is 2.23. The van der Waals surface area contributed by atoms with Crippen molar-refractivity contribution >= 4 is 28.4 Å². The van der Waals surface area contributed by atoms with Gasteiger partial charge in [0.15, 0.2) is 0 Å². The molecule has 2 aromatic carbocycles. The average molecular weight is 345 g/mol. The van der Waals surface area contributed by atoms with E-state index in [0.717, 1.165) is 22.4 Å². The second kappa shape index (κ2) is 7.27. The molecule has 0 aliphatic carbocycles. The normalized spacial score (nSPS) is 10.6. The maximum Gasteiger partial charge on any atom is 0.267 e. The number of carbonyl (C=O) groups is 1. The van der Waals surface area contributed by atoms with Crippen LogP contribution in [-0.2, 0) is 0 Å². The Hall–Kier alpha value is -2.66. The summed E-state index contributed by atoms with van der Waals surface area (Å²) in [5.41, 5.74) is 1.24. The number of benzene rings is 2. The molecule has 124 valence electrons. The summed E-state index contributed by atoms with van der Waals surface area (Å²) < 4.78 is 10.7. The van der Waals surface area contributed by atoms with Gasteiger partial charge in [-0.2, -0.15) is 0 Å². The molecule has 24 heavy (non-hydrogen) atoms. The van der Waals surface area contributed by atoms with Crippen molar-refractivity contribution in [1.82, 2.24) is 10.3 Å². The maximum absolute atomic E-state index is 12.2. The summed E-state index contributed by atoms with van der Waals surface area (Å²) in [6, 6.07) is 14.6. The summed E-state index contributed by atoms with van der Waals surface area (Å²) in [4.78, 5) is 15.2. The van der Waals surface area contributed by atoms with Crippen molar-refractivity contribution in [3.8, 4) is 11.5 Å². The van der Waals surface area contributed by atoms with Crippen molar-refractivity contribution in [2.24, 2.45) is 0 Å². The Balaban J connectivity index is 1.52. The van der Waals surface area contributed by atoms with Crippen molar-refractivity contribution in [1.29, 1.82) is 0 Å². The molecule has 0 fully saturated rings. The number of fused-ring (bicyclic) bond motifs is 1. The second-order valence-corrected chi connectivity index (χ2v) is 5.57. The molecule has 0 saturated heterocycles. The lowest BCUT2D eigenvalue weighted by molar-refractivity contribution is 0.0943. The molecular formula is C18H17ClN2O3. The molecule has 1 amide bonds. The summed E-state index contributed by atoms with van der Waals surface area (Å²) in [5, 5.41) is 4.31. The summed E-state index contributed by atoms with van der Waals surface area (Å²) in [7, 11) is 1.61. The molecule has 0 atom stereocenters. The Kier molecular flexibility index (Phi) is 4.91. The zero-order chi connectivity index (χ0) is 16.9. The SMILES string of the molecule is COc1ccc(OCCNC(=O)c2cc3cccc(Cl)c3[nH]2)cc1. The second-order valence-electron chi connectivity index (χ2n) is 5.17. The van der Waals surface area contributed by atoms with Gasteiger partial charge in [0.25, 0.3) is 5.91 Å². The van der Waals surface area contributed by atoms with Crippen LogP contribution in [0.15, 0.2) is 48.5 Å². The first kappa shape index (κ1) is 16.2. The number of ether oxygens (including phenoxy) is 2. The third kappa shape index (κ3) is 3.63.